The molecule has 130 valence electrons. The molecule has 1 aliphatic heterocycles. The van der Waals surface area contributed by atoms with Crippen molar-refractivity contribution in [3.8, 4) is 0 Å². The van der Waals surface area contributed by atoms with Gasteiger partial charge in [0.05, 0.1) is 28.7 Å². The smallest absolute Gasteiger partial charge is 0.327 e. The molecule has 0 saturated carbocycles. The molecule has 2 aromatic heterocycles. The van der Waals surface area contributed by atoms with Crippen LogP contribution in [0, 0.1) is 6.92 Å². The number of hydrogen-bond acceptors (Lipinski definition) is 5. The van der Waals surface area contributed by atoms with Crippen molar-refractivity contribution in [2.24, 2.45) is 0 Å². The summed E-state index contributed by atoms with van der Waals surface area (Å²) < 4.78 is 0. The molecule has 4 rings (SSSR count). The Labute approximate surface area is 147 Å². The summed E-state index contributed by atoms with van der Waals surface area (Å²) in [7, 11) is 0. The minimum Gasteiger partial charge on any atom is -0.480 e. The number of carbonyl (C=O) groups excluding carboxylic acids is 2. The molecule has 0 bridgehead atoms. The minimum atomic E-state index is -1.33. The molecule has 0 radical (unpaired) electrons. The summed E-state index contributed by atoms with van der Waals surface area (Å²) in [5.74, 6) is -2.50. The predicted octanol–water partition coefficient (Wildman–Crippen LogP) is 1.56. The van der Waals surface area contributed by atoms with Crippen LogP contribution in [0.25, 0.3) is 10.9 Å². The lowest BCUT2D eigenvalue weighted by Crippen LogP contribution is -2.46. The van der Waals surface area contributed by atoms with Crippen molar-refractivity contribution in [3.05, 3.63) is 59.3 Å². The van der Waals surface area contributed by atoms with E-state index in [1.54, 1.807) is 31.2 Å². The number of para-hydroxylation sites is 1. The van der Waals surface area contributed by atoms with Crippen LogP contribution in [0.15, 0.2) is 36.8 Å². The van der Waals surface area contributed by atoms with Gasteiger partial charge in [-0.2, -0.15) is 0 Å². The summed E-state index contributed by atoms with van der Waals surface area (Å²) in [5, 5.41) is 10.2. The molecule has 1 atom stereocenters. The molecule has 0 aliphatic carbocycles. The Morgan fingerprint density at radius 1 is 1.23 bits per heavy atom. The average molecular weight is 350 g/mol. The Kier molecular flexibility index (Phi) is 3.54. The number of rotatable bonds is 4. The van der Waals surface area contributed by atoms with Crippen LogP contribution < -0.4 is 0 Å². The first-order chi connectivity index (χ1) is 12.5. The summed E-state index contributed by atoms with van der Waals surface area (Å²) in [5.41, 5.74) is 1.91. The van der Waals surface area contributed by atoms with Gasteiger partial charge < -0.3 is 10.1 Å². The lowest BCUT2D eigenvalue weighted by atomic mass is 10.0. The zero-order chi connectivity index (χ0) is 18.4. The van der Waals surface area contributed by atoms with E-state index in [2.05, 4.69) is 15.0 Å². The first-order valence-electron chi connectivity index (χ1n) is 7.96. The van der Waals surface area contributed by atoms with Crippen molar-refractivity contribution in [1.29, 1.82) is 0 Å². The van der Waals surface area contributed by atoms with Crippen LogP contribution in [0.1, 0.15) is 32.1 Å². The van der Waals surface area contributed by atoms with Gasteiger partial charge in [-0.05, 0) is 13.0 Å². The normalized spacial score (nSPS) is 14.7. The topological polar surface area (TPSA) is 116 Å². The van der Waals surface area contributed by atoms with Crippen LogP contribution in [-0.2, 0) is 11.2 Å². The quantitative estimate of drug-likeness (QED) is 0.690. The number of hydrogen-bond donors (Lipinski definition) is 2. The fourth-order valence-corrected chi connectivity index (χ4v) is 3.33. The second-order valence-corrected chi connectivity index (χ2v) is 6.08. The Bertz CT molecular complexity index is 1060. The number of amides is 2. The van der Waals surface area contributed by atoms with Crippen molar-refractivity contribution in [1.82, 2.24) is 19.9 Å². The molecule has 2 amide bonds. The van der Waals surface area contributed by atoms with E-state index in [1.807, 2.05) is 0 Å². The zero-order valence-corrected chi connectivity index (χ0v) is 13.8. The van der Waals surface area contributed by atoms with Gasteiger partial charge in [0.25, 0.3) is 11.8 Å². The number of carboxylic acid groups (broad SMARTS) is 1. The number of imide groups is 1. The largest absolute Gasteiger partial charge is 0.480 e. The lowest BCUT2D eigenvalue weighted by molar-refractivity contribution is -0.141. The van der Waals surface area contributed by atoms with E-state index < -0.39 is 23.8 Å². The van der Waals surface area contributed by atoms with E-state index in [0.717, 1.165) is 4.90 Å². The SMILES string of the molecule is Cc1nc2ccccc2c2c1C(=O)N(C(Cc1cnc[nH]1)C(=O)O)C2=O. The molecule has 1 aromatic carbocycles. The third-order valence-corrected chi connectivity index (χ3v) is 4.50. The van der Waals surface area contributed by atoms with Crippen molar-refractivity contribution < 1.29 is 19.5 Å². The second-order valence-electron chi connectivity index (χ2n) is 6.08. The molecule has 0 fully saturated rings. The van der Waals surface area contributed by atoms with Gasteiger partial charge in [0.2, 0.25) is 0 Å². The maximum absolute atomic E-state index is 13.0. The number of nitrogens with zero attached hydrogens (tertiary/aromatic N) is 3. The van der Waals surface area contributed by atoms with Crippen molar-refractivity contribution in [2.75, 3.05) is 0 Å². The van der Waals surface area contributed by atoms with Gasteiger partial charge in [-0.15, -0.1) is 0 Å². The number of nitrogens with one attached hydrogen (secondary N) is 1. The third-order valence-electron chi connectivity index (χ3n) is 4.50. The molecular weight excluding hydrogens is 336 g/mol. The summed E-state index contributed by atoms with van der Waals surface area (Å²) >= 11 is 0. The molecule has 8 nitrogen and oxygen atoms in total. The zero-order valence-electron chi connectivity index (χ0n) is 13.8. The molecule has 2 N–H and O–H groups in total. The standard InChI is InChI=1S/C18H14N4O4/c1-9-14-15(11-4-2-3-5-12(11)21-9)17(24)22(16(14)23)13(18(25)26)6-10-7-19-8-20-10/h2-5,7-8,13H,6H2,1H3,(H,19,20)(H,25,26). The lowest BCUT2D eigenvalue weighted by Gasteiger charge is -2.21. The molecule has 0 saturated heterocycles. The highest BCUT2D eigenvalue weighted by atomic mass is 16.4. The first-order valence-corrected chi connectivity index (χ1v) is 7.96. The van der Waals surface area contributed by atoms with Crippen LogP contribution >= 0.6 is 0 Å². The third kappa shape index (κ3) is 2.26. The number of aromatic nitrogens is 3. The Morgan fingerprint density at radius 2 is 1.96 bits per heavy atom. The fraction of sp³-hybridized carbons (Fsp3) is 0.167. The number of pyridine rings is 1. The highest BCUT2D eigenvalue weighted by Gasteiger charge is 2.45. The number of imidazole rings is 1. The first kappa shape index (κ1) is 15.9. The van der Waals surface area contributed by atoms with Crippen LogP contribution in [-0.4, -0.2) is 48.8 Å². The van der Waals surface area contributed by atoms with E-state index in [9.17, 15) is 19.5 Å². The Hall–Kier alpha value is -3.55. The Balaban J connectivity index is 1.85. The molecule has 3 aromatic rings. The van der Waals surface area contributed by atoms with Crippen molar-refractivity contribution in [3.63, 3.8) is 0 Å². The number of carboxylic acids is 1. The van der Waals surface area contributed by atoms with Crippen molar-refractivity contribution in [2.45, 2.75) is 19.4 Å². The highest BCUT2D eigenvalue weighted by molar-refractivity contribution is 6.27. The number of aryl methyl sites for hydroxylation is 1. The minimum absolute atomic E-state index is 0.0504. The van der Waals surface area contributed by atoms with E-state index in [-0.39, 0.29) is 17.5 Å². The molecule has 26 heavy (non-hydrogen) atoms. The van der Waals surface area contributed by atoms with Crippen LogP contribution in [0.5, 0.6) is 0 Å². The molecule has 1 unspecified atom stereocenters. The van der Waals surface area contributed by atoms with Crippen LogP contribution in [0.3, 0.4) is 0 Å². The average Bonchev–Trinajstić information content (AvgIpc) is 3.20. The van der Waals surface area contributed by atoms with Crippen LogP contribution in [0.2, 0.25) is 0 Å². The van der Waals surface area contributed by atoms with Gasteiger partial charge in [0.15, 0.2) is 0 Å². The second kappa shape index (κ2) is 5.76. The maximum Gasteiger partial charge on any atom is 0.327 e. The summed E-state index contributed by atoms with van der Waals surface area (Å²) in [6, 6.07) is 5.67. The van der Waals surface area contributed by atoms with E-state index in [1.165, 1.54) is 12.5 Å². The number of H-pyrrole nitrogens is 1. The van der Waals surface area contributed by atoms with E-state index >= 15 is 0 Å². The number of benzene rings is 1. The summed E-state index contributed by atoms with van der Waals surface area (Å²) in [4.78, 5) is 49.6. The van der Waals surface area contributed by atoms with Gasteiger partial charge in [-0.3, -0.25) is 19.5 Å². The van der Waals surface area contributed by atoms with E-state index in [0.29, 0.717) is 22.3 Å². The van der Waals surface area contributed by atoms with Gasteiger partial charge in [0.1, 0.15) is 6.04 Å². The van der Waals surface area contributed by atoms with Gasteiger partial charge >= 0.3 is 5.97 Å². The van der Waals surface area contributed by atoms with E-state index in [4.69, 9.17) is 0 Å². The molecule has 8 heteroatoms. The molecule has 3 heterocycles. The number of aliphatic carboxylic acids is 1. The highest BCUT2D eigenvalue weighted by Crippen LogP contribution is 2.32. The fourth-order valence-electron chi connectivity index (χ4n) is 3.33. The van der Waals surface area contributed by atoms with Crippen LogP contribution in [0.4, 0.5) is 0 Å². The van der Waals surface area contributed by atoms with Gasteiger partial charge in [-0.25, -0.2) is 9.78 Å². The van der Waals surface area contributed by atoms with Gasteiger partial charge in [-0.1, -0.05) is 18.2 Å². The maximum atomic E-state index is 13.0. The summed E-state index contributed by atoms with van der Waals surface area (Å²) in [6.45, 7) is 1.64. The predicted molar refractivity (Wildman–Crippen MR) is 90.7 cm³/mol. The van der Waals surface area contributed by atoms with Crippen molar-refractivity contribution >= 4 is 28.7 Å². The Morgan fingerprint density at radius 3 is 2.65 bits per heavy atom. The summed E-state index contributed by atoms with van der Waals surface area (Å²) in [6.07, 6.45) is 2.83. The molecule has 1 aliphatic rings. The monoisotopic (exact) mass is 350 g/mol. The molecule has 0 spiro atoms. The number of carbonyl (C=O) groups is 3. The number of fused-ring (bicyclic) bond motifs is 3. The van der Waals surface area contributed by atoms with Gasteiger partial charge in [0, 0.05) is 23.7 Å². The molecular formula is C18H14N4O4. The number of aromatic amines is 1.